The summed E-state index contributed by atoms with van der Waals surface area (Å²) in [5.41, 5.74) is 6.37. The number of hydrogen-bond acceptors (Lipinski definition) is 2. The maximum atomic E-state index is 7.15. The molecule has 1 atom stereocenters. The van der Waals surface area contributed by atoms with Crippen LogP contribution in [0.25, 0.3) is 0 Å². The van der Waals surface area contributed by atoms with E-state index in [0.717, 1.165) is 5.56 Å². The summed E-state index contributed by atoms with van der Waals surface area (Å²) < 4.78 is 5.58. The predicted molar refractivity (Wildman–Crippen MR) is 62.8 cm³/mol. The molecule has 0 aromatic heterocycles. The van der Waals surface area contributed by atoms with E-state index < -0.39 is 0 Å². The maximum absolute atomic E-state index is 7.15. The molecule has 0 spiro atoms. The van der Waals surface area contributed by atoms with E-state index in [2.05, 4.69) is 0 Å². The molecule has 4 heteroatoms. The predicted octanol–water partition coefficient (Wildman–Crippen LogP) is 2.74. The Hall–Kier alpha value is -1.22. The molecule has 0 bridgehead atoms. The number of hydrogen-bond donors (Lipinski definition) is 2. The zero-order valence-corrected chi connectivity index (χ0v) is 9.64. The van der Waals surface area contributed by atoms with E-state index in [1.165, 1.54) is 0 Å². The molecule has 0 amide bonds. The number of amidine groups is 1. The van der Waals surface area contributed by atoms with Gasteiger partial charge in [0.1, 0.15) is 11.9 Å². The topological polar surface area (TPSA) is 59.1 Å². The fraction of sp³-hybridized carbons (Fsp3) is 0.364. The zero-order valence-electron chi connectivity index (χ0n) is 8.88. The maximum Gasteiger partial charge on any atom is 0.138 e. The van der Waals surface area contributed by atoms with Crippen LogP contribution in [0.15, 0.2) is 18.2 Å². The summed E-state index contributed by atoms with van der Waals surface area (Å²) in [4.78, 5) is 0. The van der Waals surface area contributed by atoms with E-state index in [9.17, 15) is 0 Å². The van der Waals surface area contributed by atoms with E-state index in [-0.39, 0.29) is 11.9 Å². The summed E-state index contributed by atoms with van der Waals surface area (Å²) in [6.07, 6.45) is 0.270. The largest absolute Gasteiger partial charge is 0.489 e. The van der Waals surface area contributed by atoms with Crippen LogP contribution in [-0.4, -0.2) is 11.9 Å². The second-order valence-corrected chi connectivity index (χ2v) is 4.00. The van der Waals surface area contributed by atoms with Crippen LogP contribution in [0.2, 0.25) is 5.02 Å². The normalized spacial score (nSPS) is 12.2. The summed E-state index contributed by atoms with van der Waals surface area (Å²) in [6, 6.07) is 5.59. The molecule has 0 saturated heterocycles. The minimum absolute atomic E-state index is 0.117. The lowest BCUT2D eigenvalue weighted by Gasteiger charge is -2.15. The standard InChI is InChI=1S/C11H15ClN2O/c1-7-3-4-9(12)10(5-7)15-8(2)6-11(13)14/h3-5,8H,6H2,1-2H3,(H3,13,14). The van der Waals surface area contributed by atoms with Crippen molar-refractivity contribution in [2.75, 3.05) is 0 Å². The van der Waals surface area contributed by atoms with E-state index in [1.807, 2.05) is 26.0 Å². The van der Waals surface area contributed by atoms with Gasteiger partial charge in [-0.3, -0.25) is 5.41 Å². The SMILES string of the molecule is Cc1ccc(Cl)c(OC(C)CC(=N)N)c1. The van der Waals surface area contributed by atoms with Gasteiger partial charge in [0.2, 0.25) is 0 Å². The third-order valence-electron chi connectivity index (χ3n) is 1.92. The first-order chi connectivity index (χ1) is 6.99. The quantitative estimate of drug-likeness (QED) is 0.613. The van der Waals surface area contributed by atoms with Gasteiger partial charge in [0.05, 0.1) is 10.9 Å². The summed E-state index contributed by atoms with van der Waals surface area (Å²) in [5.74, 6) is 0.761. The molecule has 82 valence electrons. The van der Waals surface area contributed by atoms with Crippen molar-refractivity contribution in [2.24, 2.45) is 5.73 Å². The van der Waals surface area contributed by atoms with Gasteiger partial charge in [0, 0.05) is 6.42 Å². The second kappa shape index (κ2) is 5.03. The van der Waals surface area contributed by atoms with Crippen molar-refractivity contribution in [3.63, 3.8) is 0 Å². The third kappa shape index (κ3) is 3.80. The molecule has 0 aliphatic rings. The Kier molecular flexibility index (Phi) is 3.97. The molecule has 1 rings (SSSR count). The molecule has 0 aliphatic carbocycles. The van der Waals surface area contributed by atoms with Crippen LogP contribution in [0.1, 0.15) is 18.9 Å². The van der Waals surface area contributed by atoms with Crippen molar-refractivity contribution < 1.29 is 4.74 Å². The molecule has 0 heterocycles. The van der Waals surface area contributed by atoms with Gasteiger partial charge in [-0.15, -0.1) is 0 Å². The highest BCUT2D eigenvalue weighted by molar-refractivity contribution is 6.32. The fourth-order valence-electron chi connectivity index (χ4n) is 1.27. The monoisotopic (exact) mass is 226 g/mol. The number of aryl methyl sites for hydroxylation is 1. The van der Waals surface area contributed by atoms with Crippen LogP contribution < -0.4 is 10.5 Å². The fourth-order valence-corrected chi connectivity index (χ4v) is 1.43. The average Bonchev–Trinajstić information content (AvgIpc) is 2.10. The number of ether oxygens (including phenoxy) is 1. The number of rotatable bonds is 4. The van der Waals surface area contributed by atoms with Crippen LogP contribution in [0.3, 0.4) is 0 Å². The van der Waals surface area contributed by atoms with Crippen LogP contribution in [0, 0.1) is 12.3 Å². The highest BCUT2D eigenvalue weighted by Gasteiger charge is 2.08. The van der Waals surface area contributed by atoms with E-state index in [4.69, 9.17) is 27.5 Å². The van der Waals surface area contributed by atoms with Gasteiger partial charge in [-0.25, -0.2) is 0 Å². The first-order valence-electron chi connectivity index (χ1n) is 4.74. The number of nitrogens with one attached hydrogen (secondary N) is 1. The lowest BCUT2D eigenvalue weighted by molar-refractivity contribution is 0.229. The van der Waals surface area contributed by atoms with E-state index >= 15 is 0 Å². The molecule has 0 aliphatic heterocycles. The molecule has 1 aromatic rings. The molecule has 0 fully saturated rings. The highest BCUT2D eigenvalue weighted by atomic mass is 35.5. The summed E-state index contributed by atoms with van der Waals surface area (Å²) in [5, 5.41) is 7.73. The summed E-state index contributed by atoms with van der Waals surface area (Å²) in [7, 11) is 0. The first-order valence-corrected chi connectivity index (χ1v) is 5.12. The Balaban J connectivity index is 2.71. The van der Waals surface area contributed by atoms with Crippen molar-refractivity contribution in [3.05, 3.63) is 28.8 Å². The first kappa shape index (κ1) is 11.9. The Morgan fingerprint density at radius 1 is 1.60 bits per heavy atom. The molecule has 3 N–H and O–H groups in total. The molecule has 0 radical (unpaired) electrons. The molecular weight excluding hydrogens is 212 g/mol. The van der Waals surface area contributed by atoms with Crippen molar-refractivity contribution in [3.8, 4) is 5.75 Å². The average molecular weight is 227 g/mol. The van der Waals surface area contributed by atoms with Gasteiger partial charge in [-0.05, 0) is 31.5 Å². The number of benzene rings is 1. The Morgan fingerprint density at radius 3 is 2.87 bits per heavy atom. The molecule has 3 nitrogen and oxygen atoms in total. The summed E-state index contributed by atoms with van der Waals surface area (Å²) in [6.45, 7) is 3.83. The lowest BCUT2D eigenvalue weighted by atomic mass is 10.2. The minimum Gasteiger partial charge on any atom is -0.489 e. The van der Waals surface area contributed by atoms with Gasteiger partial charge in [0.15, 0.2) is 0 Å². The minimum atomic E-state index is -0.137. The van der Waals surface area contributed by atoms with E-state index in [0.29, 0.717) is 17.2 Å². The smallest absolute Gasteiger partial charge is 0.138 e. The van der Waals surface area contributed by atoms with Crippen molar-refractivity contribution >= 4 is 17.4 Å². The zero-order chi connectivity index (χ0) is 11.4. The lowest BCUT2D eigenvalue weighted by Crippen LogP contribution is -2.21. The van der Waals surface area contributed by atoms with Crippen LogP contribution in [0.5, 0.6) is 5.75 Å². The Morgan fingerprint density at radius 2 is 2.27 bits per heavy atom. The van der Waals surface area contributed by atoms with Gasteiger partial charge >= 0.3 is 0 Å². The Bertz CT molecular complexity index is 366. The molecule has 0 saturated carbocycles. The third-order valence-corrected chi connectivity index (χ3v) is 2.23. The van der Waals surface area contributed by atoms with Crippen LogP contribution in [0.4, 0.5) is 0 Å². The highest BCUT2D eigenvalue weighted by Crippen LogP contribution is 2.26. The van der Waals surface area contributed by atoms with Crippen molar-refractivity contribution in [1.82, 2.24) is 0 Å². The van der Waals surface area contributed by atoms with Gasteiger partial charge < -0.3 is 10.5 Å². The second-order valence-electron chi connectivity index (χ2n) is 3.59. The van der Waals surface area contributed by atoms with Crippen molar-refractivity contribution in [2.45, 2.75) is 26.4 Å². The molecule has 1 unspecified atom stereocenters. The van der Waals surface area contributed by atoms with Gasteiger partial charge in [0.25, 0.3) is 0 Å². The molecule has 15 heavy (non-hydrogen) atoms. The van der Waals surface area contributed by atoms with Gasteiger partial charge in [-0.2, -0.15) is 0 Å². The van der Waals surface area contributed by atoms with Gasteiger partial charge in [-0.1, -0.05) is 17.7 Å². The van der Waals surface area contributed by atoms with Crippen molar-refractivity contribution in [1.29, 1.82) is 5.41 Å². The van der Waals surface area contributed by atoms with Crippen LogP contribution in [-0.2, 0) is 0 Å². The summed E-state index contributed by atoms with van der Waals surface area (Å²) >= 11 is 5.97. The van der Waals surface area contributed by atoms with Crippen LogP contribution >= 0.6 is 11.6 Å². The molecule has 1 aromatic carbocycles. The Labute approximate surface area is 94.7 Å². The number of nitrogens with two attached hydrogens (primary N) is 1. The number of halogens is 1. The molecular formula is C11H15ClN2O. The van der Waals surface area contributed by atoms with E-state index in [1.54, 1.807) is 6.07 Å².